The van der Waals surface area contributed by atoms with Gasteiger partial charge >= 0.3 is 0 Å². The first-order valence-corrected chi connectivity index (χ1v) is 5.72. The van der Waals surface area contributed by atoms with Crippen LogP contribution in [0.15, 0.2) is 18.2 Å². The average Bonchev–Trinajstić information content (AvgIpc) is 2.70. The Morgan fingerprint density at radius 3 is 2.71 bits per heavy atom. The van der Waals surface area contributed by atoms with E-state index < -0.39 is 0 Å². The Balaban J connectivity index is 1.91. The minimum Gasteiger partial charge on any atom is -0.486 e. The summed E-state index contributed by atoms with van der Waals surface area (Å²) in [4.78, 5) is 13.5. The molecule has 5 heteroatoms. The Morgan fingerprint density at radius 1 is 1.24 bits per heavy atom. The van der Waals surface area contributed by atoms with Crippen LogP contribution in [0.5, 0.6) is 11.5 Å². The molecule has 1 amide bonds. The number of carbonyl (C=O) groups is 1. The first-order chi connectivity index (χ1) is 8.25. The van der Waals surface area contributed by atoms with E-state index >= 15 is 0 Å². The average molecular weight is 234 g/mol. The summed E-state index contributed by atoms with van der Waals surface area (Å²) in [5, 5.41) is 0. The minimum atomic E-state index is -0.372. The second-order valence-electron chi connectivity index (χ2n) is 4.21. The highest BCUT2D eigenvalue weighted by Crippen LogP contribution is 2.34. The molecule has 1 aromatic carbocycles. The van der Waals surface area contributed by atoms with E-state index in [1.54, 1.807) is 4.90 Å². The van der Waals surface area contributed by atoms with Crippen molar-refractivity contribution in [2.75, 3.05) is 24.7 Å². The predicted octanol–water partition coefficient (Wildman–Crippen LogP) is 0.522. The highest BCUT2D eigenvalue weighted by Gasteiger charge is 2.30. The highest BCUT2D eigenvalue weighted by atomic mass is 16.6. The molecule has 0 radical (unpaired) electrons. The Kier molecular flexibility index (Phi) is 2.40. The second kappa shape index (κ2) is 3.92. The molecule has 0 spiro atoms. The lowest BCUT2D eigenvalue weighted by Gasteiger charge is -2.22. The number of nitrogens with zero attached hydrogens (tertiary/aromatic N) is 1. The zero-order valence-electron chi connectivity index (χ0n) is 9.39. The molecule has 2 aliphatic rings. The van der Waals surface area contributed by atoms with Gasteiger partial charge in [0.2, 0.25) is 5.91 Å². The van der Waals surface area contributed by atoms with E-state index in [1.807, 2.05) is 18.2 Å². The smallest absolute Gasteiger partial charge is 0.243 e. The summed E-state index contributed by atoms with van der Waals surface area (Å²) in [5.41, 5.74) is 6.52. The first kappa shape index (κ1) is 10.4. The fraction of sp³-hybridized carbons (Fsp3) is 0.417. The van der Waals surface area contributed by atoms with Crippen molar-refractivity contribution in [3.05, 3.63) is 18.2 Å². The van der Waals surface area contributed by atoms with Crippen molar-refractivity contribution >= 4 is 11.6 Å². The van der Waals surface area contributed by atoms with Crippen LogP contribution in [0.3, 0.4) is 0 Å². The van der Waals surface area contributed by atoms with Crippen LogP contribution in [0, 0.1) is 0 Å². The number of benzene rings is 1. The van der Waals surface area contributed by atoms with Crippen LogP contribution >= 0.6 is 0 Å². The number of hydrogen-bond donors (Lipinski definition) is 1. The number of rotatable bonds is 1. The quantitative estimate of drug-likeness (QED) is 0.769. The third-order valence-electron chi connectivity index (χ3n) is 3.08. The van der Waals surface area contributed by atoms with Crippen molar-refractivity contribution in [3.8, 4) is 11.5 Å². The van der Waals surface area contributed by atoms with E-state index in [9.17, 15) is 4.79 Å². The maximum absolute atomic E-state index is 11.8. The molecule has 1 atom stereocenters. The molecule has 0 saturated carbocycles. The van der Waals surface area contributed by atoms with Gasteiger partial charge in [0.15, 0.2) is 11.5 Å². The van der Waals surface area contributed by atoms with E-state index in [0.717, 1.165) is 11.4 Å². The van der Waals surface area contributed by atoms with Crippen molar-refractivity contribution in [2.24, 2.45) is 5.73 Å². The number of carbonyl (C=O) groups excluding carboxylic acids is 1. The largest absolute Gasteiger partial charge is 0.486 e. The molecule has 5 nitrogen and oxygen atoms in total. The molecule has 2 aliphatic heterocycles. The highest BCUT2D eigenvalue weighted by molar-refractivity contribution is 5.99. The Labute approximate surface area is 99.1 Å². The summed E-state index contributed by atoms with van der Waals surface area (Å²) in [6.07, 6.45) is 0.702. The van der Waals surface area contributed by atoms with Gasteiger partial charge in [-0.25, -0.2) is 0 Å². The summed E-state index contributed by atoms with van der Waals surface area (Å²) in [6.45, 7) is 1.78. The van der Waals surface area contributed by atoms with Gasteiger partial charge in [-0.1, -0.05) is 0 Å². The van der Waals surface area contributed by atoms with E-state index in [-0.39, 0.29) is 11.9 Å². The normalized spacial score (nSPS) is 23.0. The molecule has 3 rings (SSSR count). The molecule has 0 bridgehead atoms. The van der Waals surface area contributed by atoms with Crippen molar-refractivity contribution in [1.29, 1.82) is 0 Å². The SMILES string of the molecule is NC1CCN(c2ccc3c(c2)OCCO3)C1=O. The topological polar surface area (TPSA) is 64.8 Å². The van der Waals surface area contributed by atoms with Gasteiger partial charge in [0.05, 0.1) is 6.04 Å². The number of hydrogen-bond acceptors (Lipinski definition) is 4. The zero-order valence-corrected chi connectivity index (χ0v) is 9.39. The van der Waals surface area contributed by atoms with Crippen molar-refractivity contribution in [1.82, 2.24) is 0 Å². The molecule has 1 unspecified atom stereocenters. The number of ether oxygens (including phenoxy) is 2. The Hall–Kier alpha value is -1.75. The summed E-state index contributed by atoms with van der Waals surface area (Å²) >= 11 is 0. The van der Waals surface area contributed by atoms with Gasteiger partial charge in [-0.3, -0.25) is 4.79 Å². The molecule has 0 aromatic heterocycles. The number of amides is 1. The third kappa shape index (κ3) is 1.72. The summed E-state index contributed by atoms with van der Waals surface area (Å²) < 4.78 is 10.9. The molecule has 17 heavy (non-hydrogen) atoms. The van der Waals surface area contributed by atoms with E-state index in [0.29, 0.717) is 31.9 Å². The molecule has 0 aliphatic carbocycles. The molecule has 1 aromatic rings. The van der Waals surface area contributed by atoms with Gasteiger partial charge in [0.1, 0.15) is 13.2 Å². The molecule has 1 fully saturated rings. The van der Waals surface area contributed by atoms with Crippen LogP contribution in [-0.4, -0.2) is 31.7 Å². The van der Waals surface area contributed by atoms with E-state index in [4.69, 9.17) is 15.2 Å². The Bertz CT molecular complexity index is 461. The third-order valence-corrected chi connectivity index (χ3v) is 3.08. The van der Waals surface area contributed by atoms with Crippen LogP contribution < -0.4 is 20.1 Å². The van der Waals surface area contributed by atoms with Gasteiger partial charge in [-0.15, -0.1) is 0 Å². The Morgan fingerprint density at radius 2 is 2.00 bits per heavy atom. The van der Waals surface area contributed by atoms with E-state index in [1.165, 1.54) is 0 Å². The van der Waals surface area contributed by atoms with Crippen LogP contribution in [0.2, 0.25) is 0 Å². The molecule has 2 N–H and O–H groups in total. The van der Waals surface area contributed by atoms with Crippen LogP contribution in [0.1, 0.15) is 6.42 Å². The van der Waals surface area contributed by atoms with E-state index in [2.05, 4.69) is 0 Å². The minimum absolute atomic E-state index is 0.0262. The molecule has 90 valence electrons. The molecule has 2 heterocycles. The molecule has 1 saturated heterocycles. The second-order valence-corrected chi connectivity index (χ2v) is 4.21. The van der Waals surface area contributed by atoms with Crippen molar-refractivity contribution < 1.29 is 14.3 Å². The van der Waals surface area contributed by atoms with Gasteiger partial charge in [0.25, 0.3) is 0 Å². The standard InChI is InChI=1S/C12H14N2O3/c13-9-3-4-14(12(9)15)8-1-2-10-11(7-8)17-6-5-16-10/h1-2,7,9H,3-6,13H2. The zero-order chi connectivity index (χ0) is 11.8. The first-order valence-electron chi connectivity index (χ1n) is 5.72. The molecular weight excluding hydrogens is 220 g/mol. The van der Waals surface area contributed by atoms with Gasteiger partial charge < -0.3 is 20.1 Å². The van der Waals surface area contributed by atoms with Crippen LogP contribution in [-0.2, 0) is 4.79 Å². The van der Waals surface area contributed by atoms with Gasteiger partial charge in [0, 0.05) is 18.3 Å². The number of nitrogens with two attached hydrogens (primary N) is 1. The monoisotopic (exact) mass is 234 g/mol. The summed E-state index contributed by atoms with van der Waals surface area (Å²) in [7, 11) is 0. The lowest BCUT2D eigenvalue weighted by atomic mass is 10.2. The van der Waals surface area contributed by atoms with Crippen molar-refractivity contribution in [2.45, 2.75) is 12.5 Å². The maximum Gasteiger partial charge on any atom is 0.243 e. The number of anilines is 1. The lowest BCUT2D eigenvalue weighted by Crippen LogP contribution is -2.34. The lowest BCUT2D eigenvalue weighted by molar-refractivity contribution is -0.118. The maximum atomic E-state index is 11.8. The van der Waals surface area contributed by atoms with Gasteiger partial charge in [-0.05, 0) is 18.6 Å². The molecular formula is C12H14N2O3. The number of fused-ring (bicyclic) bond motifs is 1. The summed E-state index contributed by atoms with van der Waals surface area (Å²) in [5.74, 6) is 1.40. The fourth-order valence-electron chi connectivity index (χ4n) is 2.16. The van der Waals surface area contributed by atoms with Crippen LogP contribution in [0.25, 0.3) is 0 Å². The van der Waals surface area contributed by atoms with Crippen LogP contribution in [0.4, 0.5) is 5.69 Å². The van der Waals surface area contributed by atoms with Gasteiger partial charge in [-0.2, -0.15) is 0 Å². The summed E-state index contributed by atoms with van der Waals surface area (Å²) in [6, 6.07) is 5.16. The van der Waals surface area contributed by atoms with Crippen molar-refractivity contribution in [3.63, 3.8) is 0 Å². The predicted molar refractivity (Wildman–Crippen MR) is 62.4 cm³/mol. The fourth-order valence-corrected chi connectivity index (χ4v) is 2.16.